The van der Waals surface area contributed by atoms with E-state index in [1.165, 1.54) is 0 Å². The summed E-state index contributed by atoms with van der Waals surface area (Å²) in [6.45, 7) is 1.66. The Morgan fingerprint density at radius 2 is 1.54 bits per heavy atom. The summed E-state index contributed by atoms with van der Waals surface area (Å²) in [6.07, 6.45) is 0. The van der Waals surface area contributed by atoms with Crippen LogP contribution in [0.4, 0.5) is 5.69 Å². The molecular formula is C17H15N3O6. The van der Waals surface area contributed by atoms with E-state index >= 15 is 0 Å². The number of ether oxygens (including phenoxy) is 1. The minimum atomic E-state index is -0.816. The van der Waals surface area contributed by atoms with Crippen molar-refractivity contribution in [1.82, 2.24) is 10.9 Å². The highest BCUT2D eigenvalue weighted by Crippen LogP contribution is 2.18. The van der Waals surface area contributed by atoms with E-state index in [1.807, 2.05) is 0 Å². The van der Waals surface area contributed by atoms with E-state index in [4.69, 9.17) is 4.74 Å². The first-order chi connectivity index (χ1) is 12.4. The Hall–Kier alpha value is -3.75. The van der Waals surface area contributed by atoms with Crippen LogP contribution in [0.25, 0.3) is 0 Å². The first kappa shape index (κ1) is 18.6. The quantitative estimate of drug-likeness (QED) is 0.477. The van der Waals surface area contributed by atoms with Gasteiger partial charge in [-0.1, -0.05) is 18.2 Å². The summed E-state index contributed by atoms with van der Waals surface area (Å²) in [5.41, 5.74) is 3.90. The fraction of sp³-hybridized carbons (Fsp3) is 0.118. The zero-order valence-electron chi connectivity index (χ0n) is 13.7. The number of nitro groups is 1. The maximum absolute atomic E-state index is 12.2. The molecule has 0 aliphatic carbocycles. The number of nitro benzene ring substituents is 1. The van der Waals surface area contributed by atoms with E-state index in [9.17, 15) is 24.5 Å². The Morgan fingerprint density at radius 3 is 2.12 bits per heavy atom. The Labute approximate surface area is 148 Å². The number of nitrogens with one attached hydrogen (secondary N) is 2. The number of hydrogen-bond donors (Lipinski definition) is 2. The van der Waals surface area contributed by atoms with Crippen molar-refractivity contribution >= 4 is 23.5 Å². The molecule has 2 amide bonds. The van der Waals surface area contributed by atoms with Crippen LogP contribution in [0.1, 0.15) is 38.0 Å². The number of carbonyl (C=O) groups excluding carboxylic acids is 3. The first-order valence-electron chi connectivity index (χ1n) is 7.54. The Bertz CT molecular complexity index is 851. The highest BCUT2D eigenvalue weighted by Gasteiger charge is 2.19. The molecule has 0 atom stereocenters. The molecule has 26 heavy (non-hydrogen) atoms. The van der Waals surface area contributed by atoms with Gasteiger partial charge in [-0.25, -0.2) is 4.79 Å². The van der Waals surface area contributed by atoms with E-state index in [-0.39, 0.29) is 17.7 Å². The monoisotopic (exact) mass is 357 g/mol. The average molecular weight is 357 g/mol. The minimum absolute atomic E-state index is 0.0796. The molecule has 9 heteroatoms. The second-order valence-electron chi connectivity index (χ2n) is 5.02. The number of amides is 2. The van der Waals surface area contributed by atoms with E-state index in [1.54, 1.807) is 37.3 Å². The zero-order chi connectivity index (χ0) is 19.1. The highest BCUT2D eigenvalue weighted by molar-refractivity contribution is 6.01. The van der Waals surface area contributed by atoms with Gasteiger partial charge in [0, 0.05) is 23.3 Å². The lowest BCUT2D eigenvalue weighted by atomic mass is 10.1. The molecule has 0 fully saturated rings. The zero-order valence-corrected chi connectivity index (χ0v) is 13.7. The fourth-order valence-electron chi connectivity index (χ4n) is 2.03. The molecule has 2 rings (SSSR count). The van der Waals surface area contributed by atoms with E-state index in [0.29, 0.717) is 5.56 Å². The number of esters is 1. The van der Waals surface area contributed by atoms with Crippen molar-refractivity contribution in [3.8, 4) is 0 Å². The van der Waals surface area contributed by atoms with Crippen molar-refractivity contribution in [2.24, 2.45) is 0 Å². The van der Waals surface area contributed by atoms with Gasteiger partial charge in [0.15, 0.2) is 0 Å². The second-order valence-corrected chi connectivity index (χ2v) is 5.02. The van der Waals surface area contributed by atoms with Crippen LogP contribution in [-0.2, 0) is 4.74 Å². The smallest absolute Gasteiger partial charge is 0.338 e. The van der Waals surface area contributed by atoms with Crippen LogP contribution in [0, 0.1) is 10.1 Å². The molecule has 9 nitrogen and oxygen atoms in total. The van der Waals surface area contributed by atoms with Crippen molar-refractivity contribution in [2.45, 2.75) is 6.92 Å². The van der Waals surface area contributed by atoms with Gasteiger partial charge in [0.1, 0.15) is 0 Å². The first-order valence-corrected chi connectivity index (χ1v) is 7.54. The lowest BCUT2D eigenvalue weighted by Gasteiger charge is -2.09. The van der Waals surface area contributed by atoms with Crippen LogP contribution in [-0.4, -0.2) is 29.3 Å². The number of benzene rings is 2. The molecule has 2 aromatic rings. The van der Waals surface area contributed by atoms with Crippen LogP contribution in [0.2, 0.25) is 0 Å². The molecule has 0 saturated heterocycles. The largest absolute Gasteiger partial charge is 0.462 e. The topological polar surface area (TPSA) is 128 Å². The highest BCUT2D eigenvalue weighted by atomic mass is 16.6. The number of nitrogens with zero attached hydrogens (tertiary/aromatic N) is 1. The molecule has 0 radical (unpaired) electrons. The predicted octanol–water partition coefficient (Wildman–Crippen LogP) is 1.85. The van der Waals surface area contributed by atoms with Gasteiger partial charge in [0.2, 0.25) is 0 Å². The lowest BCUT2D eigenvalue weighted by Crippen LogP contribution is -2.41. The molecule has 0 bridgehead atoms. The van der Waals surface area contributed by atoms with Crippen molar-refractivity contribution in [3.63, 3.8) is 0 Å². The number of rotatable bonds is 5. The molecule has 0 aliphatic rings. The summed E-state index contributed by atoms with van der Waals surface area (Å²) < 4.78 is 4.79. The molecule has 2 N–H and O–H groups in total. The maximum Gasteiger partial charge on any atom is 0.338 e. The summed E-state index contributed by atoms with van der Waals surface area (Å²) in [7, 11) is 0. The third-order valence-corrected chi connectivity index (χ3v) is 3.23. The summed E-state index contributed by atoms with van der Waals surface area (Å²) in [5.74, 6) is -2.17. The summed E-state index contributed by atoms with van der Waals surface area (Å²) in [6, 6.07) is 11.3. The summed E-state index contributed by atoms with van der Waals surface area (Å²) in [4.78, 5) is 46.2. The van der Waals surface area contributed by atoms with Gasteiger partial charge in [0.05, 0.1) is 17.1 Å². The Kier molecular flexibility index (Phi) is 5.99. The third-order valence-electron chi connectivity index (χ3n) is 3.23. The number of hydrogen-bond acceptors (Lipinski definition) is 6. The molecule has 0 aliphatic heterocycles. The normalized spacial score (nSPS) is 9.88. The molecule has 0 spiro atoms. The lowest BCUT2D eigenvalue weighted by molar-refractivity contribution is -0.384. The van der Waals surface area contributed by atoms with E-state index in [2.05, 4.69) is 10.9 Å². The second kappa shape index (κ2) is 8.38. The van der Waals surface area contributed by atoms with Crippen LogP contribution in [0.3, 0.4) is 0 Å². The van der Waals surface area contributed by atoms with Gasteiger partial charge in [-0.3, -0.25) is 30.6 Å². The predicted molar refractivity (Wildman–Crippen MR) is 90.4 cm³/mol. The summed E-state index contributed by atoms with van der Waals surface area (Å²) in [5, 5.41) is 11.0. The maximum atomic E-state index is 12.2. The van der Waals surface area contributed by atoms with Gasteiger partial charge >= 0.3 is 5.97 Å². The Morgan fingerprint density at radius 1 is 0.962 bits per heavy atom. The fourth-order valence-corrected chi connectivity index (χ4v) is 2.03. The molecular weight excluding hydrogens is 342 g/mol. The van der Waals surface area contributed by atoms with Crippen molar-refractivity contribution < 1.29 is 24.0 Å². The molecule has 0 saturated carbocycles. The van der Waals surface area contributed by atoms with Crippen LogP contribution in [0.5, 0.6) is 0 Å². The molecule has 134 valence electrons. The molecule has 0 aromatic heterocycles. The van der Waals surface area contributed by atoms with Crippen LogP contribution < -0.4 is 10.9 Å². The van der Waals surface area contributed by atoms with Crippen molar-refractivity contribution in [2.75, 3.05) is 6.61 Å². The van der Waals surface area contributed by atoms with Crippen LogP contribution >= 0.6 is 0 Å². The summed E-state index contributed by atoms with van der Waals surface area (Å²) >= 11 is 0. The van der Waals surface area contributed by atoms with Gasteiger partial charge in [-0.05, 0) is 25.1 Å². The van der Waals surface area contributed by atoms with Gasteiger partial charge in [-0.2, -0.15) is 0 Å². The van der Waals surface area contributed by atoms with Crippen molar-refractivity contribution in [1.29, 1.82) is 0 Å². The molecule has 0 unspecified atom stereocenters. The molecule has 0 heterocycles. The number of non-ortho nitro benzene ring substituents is 1. The van der Waals surface area contributed by atoms with Crippen LogP contribution in [0.15, 0.2) is 48.5 Å². The Balaban J connectivity index is 2.18. The average Bonchev–Trinajstić information content (AvgIpc) is 2.66. The van der Waals surface area contributed by atoms with Crippen molar-refractivity contribution in [3.05, 3.63) is 75.3 Å². The third kappa shape index (κ3) is 4.63. The standard InChI is InChI=1S/C17H15N3O6/c1-2-26-17(23)13-8-12(9-14(10-13)20(24)25)16(22)19-18-15(21)11-6-4-3-5-7-11/h3-10H,2H2,1H3,(H,18,21)(H,19,22). The van der Waals surface area contributed by atoms with E-state index < -0.39 is 28.4 Å². The van der Waals surface area contributed by atoms with Gasteiger partial charge in [0.25, 0.3) is 17.5 Å². The van der Waals surface area contributed by atoms with E-state index in [0.717, 1.165) is 18.2 Å². The molecule has 2 aromatic carbocycles. The van der Waals surface area contributed by atoms with Gasteiger partial charge in [-0.15, -0.1) is 0 Å². The minimum Gasteiger partial charge on any atom is -0.462 e. The number of carbonyl (C=O) groups is 3. The number of hydrazine groups is 1. The SMILES string of the molecule is CCOC(=O)c1cc(C(=O)NNC(=O)c2ccccc2)cc([N+](=O)[O-])c1. The van der Waals surface area contributed by atoms with Gasteiger partial charge < -0.3 is 4.74 Å².